The highest BCUT2D eigenvalue weighted by atomic mass is 19.1. The Kier molecular flexibility index (Phi) is 4.31. The van der Waals surface area contributed by atoms with E-state index in [1.165, 1.54) is 12.1 Å². The molecule has 21 heavy (non-hydrogen) atoms. The SMILES string of the molecule is CCn1ccnc1CN1CCO[C@@H](c2ccc(F)cc2)C1. The van der Waals surface area contributed by atoms with Crippen LogP contribution in [0.15, 0.2) is 36.7 Å². The molecule has 1 aromatic heterocycles. The van der Waals surface area contributed by atoms with Gasteiger partial charge in [-0.1, -0.05) is 12.1 Å². The quantitative estimate of drug-likeness (QED) is 0.867. The molecule has 0 bridgehead atoms. The number of hydrogen-bond acceptors (Lipinski definition) is 3. The summed E-state index contributed by atoms with van der Waals surface area (Å²) in [6.07, 6.45) is 3.86. The average Bonchev–Trinajstić information content (AvgIpc) is 2.95. The molecule has 0 unspecified atom stereocenters. The maximum Gasteiger partial charge on any atom is 0.123 e. The van der Waals surface area contributed by atoms with E-state index in [0.29, 0.717) is 6.61 Å². The van der Waals surface area contributed by atoms with Crippen molar-refractivity contribution in [2.75, 3.05) is 19.7 Å². The summed E-state index contributed by atoms with van der Waals surface area (Å²) in [4.78, 5) is 6.76. The minimum atomic E-state index is -0.212. The van der Waals surface area contributed by atoms with Gasteiger partial charge in [-0.05, 0) is 24.6 Å². The maximum absolute atomic E-state index is 13.0. The number of ether oxygens (including phenoxy) is 1. The first-order valence-corrected chi connectivity index (χ1v) is 7.35. The van der Waals surface area contributed by atoms with Gasteiger partial charge in [-0.2, -0.15) is 0 Å². The van der Waals surface area contributed by atoms with E-state index in [-0.39, 0.29) is 11.9 Å². The van der Waals surface area contributed by atoms with Crippen molar-refractivity contribution in [3.63, 3.8) is 0 Å². The molecule has 1 aliphatic rings. The van der Waals surface area contributed by atoms with Gasteiger partial charge in [0.2, 0.25) is 0 Å². The molecule has 2 aromatic rings. The summed E-state index contributed by atoms with van der Waals surface area (Å²) in [7, 11) is 0. The van der Waals surface area contributed by atoms with Crippen LogP contribution in [0.25, 0.3) is 0 Å². The van der Waals surface area contributed by atoms with Crippen molar-refractivity contribution in [1.82, 2.24) is 14.5 Å². The number of aromatic nitrogens is 2. The molecule has 0 amide bonds. The summed E-state index contributed by atoms with van der Waals surface area (Å²) in [5.74, 6) is 0.869. The minimum Gasteiger partial charge on any atom is -0.371 e. The average molecular weight is 289 g/mol. The molecule has 1 atom stereocenters. The molecule has 5 heteroatoms. The summed E-state index contributed by atoms with van der Waals surface area (Å²) in [6, 6.07) is 6.58. The summed E-state index contributed by atoms with van der Waals surface area (Å²) in [5, 5.41) is 0. The van der Waals surface area contributed by atoms with E-state index in [2.05, 4.69) is 21.4 Å². The van der Waals surface area contributed by atoms with Gasteiger partial charge in [-0.3, -0.25) is 4.90 Å². The van der Waals surface area contributed by atoms with Crippen molar-refractivity contribution in [3.05, 3.63) is 53.9 Å². The van der Waals surface area contributed by atoms with Crippen LogP contribution in [0.5, 0.6) is 0 Å². The number of imidazole rings is 1. The first-order chi connectivity index (χ1) is 10.3. The van der Waals surface area contributed by atoms with Gasteiger partial charge >= 0.3 is 0 Å². The Morgan fingerprint density at radius 1 is 1.33 bits per heavy atom. The van der Waals surface area contributed by atoms with Crippen molar-refractivity contribution in [2.45, 2.75) is 26.1 Å². The number of benzene rings is 1. The Bertz CT molecular complexity index is 581. The van der Waals surface area contributed by atoms with Gasteiger partial charge < -0.3 is 9.30 Å². The van der Waals surface area contributed by atoms with Gasteiger partial charge in [0.15, 0.2) is 0 Å². The van der Waals surface area contributed by atoms with E-state index < -0.39 is 0 Å². The van der Waals surface area contributed by atoms with Crippen LogP contribution in [0.4, 0.5) is 4.39 Å². The molecule has 4 nitrogen and oxygen atoms in total. The van der Waals surface area contributed by atoms with Crippen LogP contribution in [-0.2, 0) is 17.8 Å². The second kappa shape index (κ2) is 6.37. The van der Waals surface area contributed by atoms with Gasteiger partial charge in [-0.25, -0.2) is 9.37 Å². The standard InChI is InChI=1S/C16H20FN3O/c1-2-20-8-7-18-16(20)12-19-9-10-21-15(11-19)13-3-5-14(17)6-4-13/h3-8,15H,2,9-12H2,1H3/t15-/m1/s1. The van der Waals surface area contributed by atoms with Gasteiger partial charge in [0.25, 0.3) is 0 Å². The van der Waals surface area contributed by atoms with Gasteiger partial charge in [0.05, 0.1) is 19.3 Å². The Balaban J connectivity index is 1.67. The topological polar surface area (TPSA) is 30.3 Å². The lowest BCUT2D eigenvalue weighted by Crippen LogP contribution is -2.38. The molecule has 1 fully saturated rings. The number of halogens is 1. The van der Waals surface area contributed by atoms with Crippen molar-refractivity contribution in [3.8, 4) is 0 Å². The Hall–Kier alpha value is -1.72. The van der Waals surface area contributed by atoms with Crippen LogP contribution >= 0.6 is 0 Å². The molecule has 2 heterocycles. The fraction of sp³-hybridized carbons (Fsp3) is 0.438. The number of hydrogen-bond donors (Lipinski definition) is 0. The molecular formula is C16H20FN3O. The summed E-state index contributed by atoms with van der Waals surface area (Å²) in [6.45, 7) is 6.26. The first-order valence-electron chi connectivity index (χ1n) is 7.35. The van der Waals surface area contributed by atoms with Crippen molar-refractivity contribution >= 4 is 0 Å². The lowest BCUT2D eigenvalue weighted by molar-refractivity contribution is -0.0339. The number of nitrogens with zero attached hydrogens (tertiary/aromatic N) is 3. The second-order valence-electron chi connectivity index (χ2n) is 5.28. The highest BCUT2D eigenvalue weighted by Crippen LogP contribution is 2.23. The third kappa shape index (κ3) is 3.31. The van der Waals surface area contributed by atoms with Crippen LogP contribution in [0, 0.1) is 5.82 Å². The van der Waals surface area contributed by atoms with Gasteiger partial charge in [0, 0.05) is 32.0 Å². The molecule has 1 saturated heterocycles. The van der Waals surface area contributed by atoms with E-state index in [1.807, 2.05) is 12.4 Å². The molecule has 0 aliphatic carbocycles. The molecule has 0 spiro atoms. The van der Waals surface area contributed by atoms with Crippen molar-refractivity contribution in [1.29, 1.82) is 0 Å². The zero-order chi connectivity index (χ0) is 14.7. The predicted molar refractivity (Wildman–Crippen MR) is 78.3 cm³/mol. The Morgan fingerprint density at radius 2 is 2.14 bits per heavy atom. The fourth-order valence-electron chi connectivity index (χ4n) is 2.70. The van der Waals surface area contributed by atoms with Crippen molar-refractivity contribution < 1.29 is 9.13 Å². The first kappa shape index (κ1) is 14.2. The zero-order valence-corrected chi connectivity index (χ0v) is 12.2. The van der Waals surface area contributed by atoms with E-state index >= 15 is 0 Å². The maximum atomic E-state index is 13.0. The highest BCUT2D eigenvalue weighted by molar-refractivity contribution is 5.19. The third-order valence-electron chi connectivity index (χ3n) is 3.90. The summed E-state index contributed by atoms with van der Waals surface area (Å²) >= 11 is 0. The van der Waals surface area contributed by atoms with E-state index in [0.717, 1.165) is 37.6 Å². The molecular weight excluding hydrogens is 269 g/mol. The fourth-order valence-corrected chi connectivity index (χ4v) is 2.70. The van der Waals surface area contributed by atoms with Crippen LogP contribution in [0.1, 0.15) is 24.4 Å². The lowest BCUT2D eigenvalue weighted by Gasteiger charge is -2.33. The number of morpholine rings is 1. The third-order valence-corrected chi connectivity index (χ3v) is 3.90. The van der Waals surface area contributed by atoms with Crippen LogP contribution in [0.3, 0.4) is 0 Å². The van der Waals surface area contributed by atoms with E-state index in [4.69, 9.17) is 4.74 Å². The van der Waals surface area contributed by atoms with Gasteiger partial charge in [0.1, 0.15) is 11.6 Å². The monoisotopic (exact) mass is 289 g/mol. The largest absolute Gasteiger partial charge is 0.371 e. The van der Waals surface area contributed by atoms with Gasteiger partial charge in [-0.15, -0.1) is 0 Å². The van der Waals surface area contributed by atoms with Crippen LogP contribution in [0.2, 0.25) is 0 Å². The molecule has 1 aromatic carbocycles. The molecule has 0 N–H and O–H groups in total. The van der Waals surface area contributed by atoms with Crippen LogP contribution in [-0.4, -0.2) is 34.1 Å². The molecule has 0 radical (unpaired) electrons. The molecule has 1 aliphatic heterocycles. The zero-order valence-electron chi connectivity index (χ0n) is 12.2. The van der Waals surface area contributed by atoms with Crippen molar-refractivity contribution in [2.24, 2.45) is 0 Å². The highest BCUT2D eigenvalue weighted by Gasteiger charge is 2.23. The number of aryl methyl sites for hydroxylation is 1. The predicted octanol–water partition coefficient (Wildman–Crippen LogP) is 2.62. The normalized spacial score (nSPS) is 19.8. The second-order valence-corrected chi connectivity index (χ2v) is 5.28. The Morgan fingerprint density at radius 3 is 2.90 bits per heavy atom. The molecule has 112 valence electrons. The number of rotatable bonds is 4. The van der Waals surface area contributed by atoms with E-state index in [1.54, 1.807) is 12.1 Å². The minimum absolute atomic E-state index is 0.00406. The Labute approximate surface area is 124 Å². The smallest absolute Gasteiger partial charge is 0.123 e. The molecule has 3 rings (SSSR count). The lowest BCUT2D eigenvalue weighted by atomic mass is 10.1. The van der Waals surface area contributed by atoms with Crippen LogP contribution < -0.4 is 0 Å². The molecule has 0 saturated carbocycles. The summed E-state index contributed by atoms with van der Waals surface area (Å²) in [5.41, 5.74) is 1.03. The summed E-state index contributed by atoms with van der Waals surface area (Å²) < 4.78 is 21.0. The van der Waals surface area contributed by atoms with E-state index in [9.17, 15) is 4.39 Å².